The van der Waals surface area contributed by atoms with Gasteiger partial charge >= 0.3 is 5.97 Å². The molecule has 1 aliphatic rings. The minimum Gasteiger partial charge on any atom is -0.478 e. The summed E-state index contributed by atoms with van der Waals surface area (Å²) in [4.78, 5) is 11.2. The molecule has 1 aromatic heterocycles. The molecule has 25 heavy (non-hydrogen) atoms. The fourth-order valence-corrected chi connectivity index (χ4v) is 5.02. The molecular formula is C17H21N3O4S. The van der Waals surface area contributed by atoms with Crippen molar-refractivity contribution in [2.75, 3.05) is 13.1 Å². The Hall–Kier alpha value is -2.19. The van der Waals surface area contributed by atoms with Crippen molar-refractivity contribution in [2.45, 2.75) is 30.7 Å². The Balaban J connectivity index is 1.87. The summed E-state index contributed by atoms with van der Waals surface area (Å²) in [5.74, 6) is -0.996. The highest BCUT2D eigenvalue weighted by atomic mass is 32.2. The number of benzene rings is 1. The van der Waals surface area contributed by atoms with Crippen LogP contribution in [0.3, 0.4) is 0 Å². The van der Waals surface area contributed by atoms with Gasteiger partial charge in [-0.15, -0.1) is 0 Å². The maximum Gasteiger partial charge on any atom is 0.335 e. The zero-order valence-corrected chi connectivity index (χ0v) is 15.0. The van der Waals surface area contributed by atoms with E-state index in [-0.39, 0.29) is 16.5 Å². The first-order chi connectivity index (χ1) is 11.8. The maximum atomic E-state index is 12.9. The van der Waals surface area contributed by atoms with E-state index in [4.69, 9.17) is 5.11 Å². The number of piperidine rings is 1. The van der Waals surface area contributed by atoms with E-state index in [0.29, 0.717) is 18.8 Å². The minimum atomic E-state index is -3.62. The van der Waals surface area contributed by atoms with E-state index in [1.54, 1.807) is 38.2 Å². The molecule has 134 valence electrons. The van der Waals surface area contributed by atoms with Gasteiger partial charge in [-0.25, -0.2) is 13.2 Å². The Morgan fingerprint density at radius 1 is 1.32 bits per heavy atom. The lowest BCUT2D eigenvalue weighted by atomic mass is 9.91. The lowest BCUT2D eigenvalue weighted by Crippen LogP contribution is -2.39. The summed E-state index contributed by atoms with van der Waals surface area (Å²) in [6, 6.07) is 8.32. The monoisotopic (exact) mass is 363 g/mol. The van der Waals surface area contributed by atoms with E-state index in [1.807, 2.05) is 6.07 Å². The number of rotatable bonds is 4. The van der Waals surface area contributed by atoms with E-state index in [2.05, 4.69) is 5.10 Å². The smallest absolute Gasteiger partial charge is 0.335 e. The molecule has 7 nitrogen and oxygen atoms in total. The van der Waals surface area contributed by atoms with Crippen molar-refractivity contribution in [3.05, 3.63) is 47.2 Å². The van der Waals surface area contributed by atoms with Gasteiger partial charge in [-0.2, -0.15) is 9.40 Å². The first-order valence-corrected chi connectivity index (χ1v) is 9.57. The zero-order valence-electron chi connectivity index (χ0n) is 14.2. The summed E-state index contributed by atoms with van der Waals surface area (Å²) in [7, 11) is -2.00. The van der Waals surface area contributed by atoms with Crippen LogP contribution < -0.4 is 0 Å². The fraction of sp³-hybridized carbons (Fsp3) is 0.412. The molecular weight excluding hydrogens is 342 g/mol. The number of carboxylic acids is 1. The van der Waals surface area contributed by atoms with Crippen LogP contribution in [0.2, 0.25) is 0 Å². The topological polar surface area (TPSA) is 92.5 Å². The van der Waals surface area contributed by atoms with Crippen LogP contribution in [0.4, 0.5) is 0 Å². The Morgan fingerprint density at radius 2 is 2.08 bits per heavy atom. The van der Waals surface area contributed by atoms with E-state index in [9.17, 15) is 13.2 Å². The average Bonchev–Trinajstić information content (AvgIpc) is 2.94. The summed E-state index contributed by atoms with van der Waals surface area (Å²) in [6.45, 7) is 2.56. The second-order valence-electron chi connectivity index (χ2n) is 6.38. The molecule has 0 radical (unpaired) electrons. The number of aromatic nitrogens is 2. The van der Waals surface area contributed by atoms with Crippen molar-refractivity contribution in [1.29, 1.82) is 0 Å². The molecule has 1 aliphatic heterocycles. The summed E-state index contributed by atoms with van der Waals surface area (Å²) in [5, 5.41) is 13.5. The second-order valence-corrected chi connectivity index (χ2v) is 8.27. The Morgan fingerprint density at radius 3 is 2.72 bits per heavy atom. The Labute approximate surface area is 146 Å². The van der Waals surface area contributed by atoms with E-state index in [0.717, 1.165) is 18.4 Å². The number of carbonyl (C=O) groups is 1. The molecule has 2 heterocycles. The zero-order chi connectivity index (χ0) is 18.2. The molecule has 1 fully saturated rings. The third-order valence-corrected chi connectivity index (χ3v) is 6.47. The third-order valence-electron chi connectivity index (χ3n) is 4.55. The van der Waals surface area contributed by atoms with Crippen LogP contribution in [0.25, 0.3) is 0 Å². The molecule has 0 bridgehead atoms. The van der Waals surface area contributed by atoms with Gasteiger partial charge in [0.15, 0.2) is 5.03 Å². The highest BCUT2D eigenvalue weighted by Gasteiger charge is 2.33. The molecule has 1 N–H and O–H groups in total. The lowest BCUT2D eigenvalue weighted by molar-refractivity contribution is 0.0696. The number of nitrogens with zero attached hydrogens (tertiary/aromatic N) is 3. The second kappa shape index (κ2) is 6.61. The molecule has 0 aliphatic carbocycles. The van der Waals surface area contributed by atoms with Crippen LogP contribution in [0, 0.1) is 6.92 Å². The van der Waals surface area contributed by atoms with Gasteiger partial charge in [0.05, 0.1) is 11.3 Å². The number of hydrogen-bond acceptors (Lipinski definition) is 4. The van der Waals surface area contributed by atoms with E-state index < -0.39 is 16.0 Å². The van der Waals surface area contributed by atoms with Gasteiger partial charge in [-0.3, -0.25) is 4.68 Å². The predicted molar refractivity (Wildman–Crippen MR) is 92.1 cm³/mol. The van der Waals surface area contributed by atoms with E-state index in [1.165, 1.54) is 8.99 Å². The van der Waals surface area contributed by atoms with Crippen LogP contribution in [0.5, 0.6) is 0 Å². The first-order valence-electron chi connectivity index (χ1n) is 8.13. The summed E-state index contributed by atoms with van der Waals surface area (Å²) in [6.07, 6.45) is 1.57. The molecule has 8 heteroatoms. The highest BCUT2D eigenvalue weighted by Crippen LogP contribution is 2.30. The van der Waals surface area contributed by atoms with Crippen LogP contribution in [-0.2, 0) is 17.1 Å². The number of aromatic carboxylic acids is 1. The number of carboxylic acid groups (broad SMARTS) is 1. The van der Waals surface area contributed by atoms with Crippen molar-refractivity contribution < 1.29 is 18.3 Å². The lowest BCUT2D eigenvalue weighted by Gasteiger charge is -2.32. The minimum absolute atomic E-state index is 0.0165. The third kappa shape index (κ3) is 3.45. The number of aryl methyl sites for hydroxylation is 2. The average molecular weight is 363 g/mol. The quantitative estimate of drug-likeness (QED) is 0.897. The molecule has 0 spiro atoms. The van der Waals surface area contributed by atoms with Crippen LogP contribution in [0.15, 0.2) is 35.4 Å². The van der Waals surface area contributed by atoms with Crippen molar-refractivity contribution >= 4 is 16.0 Å². The fourth-order valence-electron chi connectivity index (χ4n) is 3.32. The van der Waals surface area contributed by atoms with Gasteiger partial charge in [0.1, 0.15) is 0 Å². The van der Waals surface area contributed by atoms with Gasteiger partial charge in [0.2, 0.25) is 0 Å². The largest absolute Gasteiger partial charge is 0.478 e. The van der Waals surface area contributed by atoms with Crippen molar-refractivity contribution in [3.8, 4) is 0 Å². The molecule has 1 atom stereocenters. The van der Waals surface area contributed by atoms with Crippen LogP contribution in [0.1, 0.15) is 40.4 Å². The molecule has 0 amide bonds. The maximum absolute atomic E-state index is 12.9. The molecule has 2 aromatic rings. The highest BCUT2D eigenvalue weighted by molar-refractivity contribution is 7.89. The number of hydrogen-bond donors (Lipinski definition) is 1. The Bertz CT molecular complexity index is 904. The van der Waals surface area contributed by atoms with Crippen molar-refractivity contribution in [1.82, 2.24) is 14.1 Å². The predicted octanol–water partition coefficient (Wildman–Crippen LogP) is 2.00. The molecule has 1 aromatic carbocycles. The van der Waals surface area contributed by atoms with Crippen molar-refractivity contribution in [2.24, 2.45) is 7.05 Å². The van der Waals surface area contributed by atoms with Gasteiger partial charge in [-0.05, 0) is 49.4 Å². The summed E-state index contributed by atoms with van der Waals surface area (Å²) in [5.41, 5.74) is 1.74. The molecule has 0 unspecified atom stereocenters. The molecule has 1 saturated heterocycles. The molecule has 3 rings (SSSR count). The number of sulfonamides is 1. The van der Waals surface area contributed by atoms with Gasteiger partial charge in [0, 0.05) is 20.1 Å². The van der Waals surface area contributed by atoms with Crippen LogP contribution >= 0.6 is 0 Å². The standard InChI is InChI=1S/C17H21N3O4S/c1-12-9-16(19(2)18-12)25(23,24)20-8-4-7-15(11-20)13-5-3-6-14(10-13)17(21)22/h3,5-6,9-10,15H,4,7-8,11H2,1-2H3,(H,21,22)/t15-/m1/s1. The molecule has 0 saturated carbocycles. The van der Waals surface area contributed by atoms with Gasteiger partial charge < -0.3 is 5.11 Å². The Kier molecular flexibility index (Phi) is 4.66. The van der Waals surface area contributed by atoms with E-state index >= 15 is 0 Å². The summed E-state index contributed by atoms with van der Waals surface area (Å²) < 4.78 is 28.8. The van der Waals surface area contributed by atoms with Gasteiger partial charge in [-0.1, -0.05) is 12.1 Å². The first kappa shape index (κ1) is 17.6. The summed E-state index contributed by atoms with van der Waals surface area (Å²) >= 11 is 0. The normalized spacial score (nSPS) is 19.0. The van der Waals surface area contributed by atoms with Gasteiger partial charge in [0.25, 0.3) is 10.0 Å². The SMILES string of the molecule is Cc1cc(S(=O)(=O)N2CCC[C@@H](c3cccc(C(=O)O)c3)C2)n(C)n1. The van der Waals surface area contributed by atoms with Crippen molar-refractivity contribution in [3.63, 3.8) is 0 Å². The van der Waals surface area contributed by atoms with Crippen LogP contribution in [-0.4, -0.2) is 46.7 Å².